The van der Waals surface area contributed by atoms with Crippen LogP contribution in [0.5, 0.6) is 0 Å². The maximum atomic E-state index is 11.4. The Hall–Kier alpha value is -1.57. The number of carbonyl (C=O) groups is 2. The number of nitrogens with zero attached hydrogens (tertiary/aromatic N) is 4. The molecule has 3 amide bonds. The van der Waals surface area contributed by atoms with Crippen molar-refractivity contribution < 1.29 is 9.59 Å². The Morgan fingerprint density at radius 2 is 2.14 bits per heavy atom. The highest BCUT2D eigenvalue weighted by Crippen LogP contribution is 2.36. The fourth-order valence-electron chi connectivity index (χ4n) is 2.54. The first kappa shape index (κ1) is 14.4. The molecule has 1 aliphatic carbocycles. The summed E-state index contributed by atoms with van der Waals surface area (Å²) in [6.07, 6.45) is 4.47. The number of nitrogens with one attached hydrogen (secondary N) is 1. The van der Waals surface area contributed by atoms with Crippen molar-refractivity contribution in [1.82, 2.24) is 25.0 Å². The van der Waals surface area contributed by atoms with Crippen LogP contribution in [0.3, 0.4) is 0 Å². The third kappa shape index (κ3) is 2.90. The quantitative estimate of drug-likeness (QED) is 0.484. The molecule has 7 nitrogen and oxygen atoms in total. The molecule has 1 aromatic heterocycles. The van der Waals surface area contributed by atoms with Gasteiger partial charge in [-0.1, -0.05) is 18.2 Å². The summed E-state index contributed by atoms with van der Waals surface area (Å²) in [6.45, 7) is 0.588. The SMILES string of the molecule is Cn1c(SCCCN2C(=O)CNC2=O)nnc1C1CCC1. The van der Waals surface area contributed by atoms with Crippen LogP contribution >= 0.6 is 11.8 Å². The van der Waals surface area contributed by atoms with Crippen LogP contribution in [0.1, 0.15) is 37.4 Å². The van der Waals surface area contributed by atoms with E-state index in [0.717, 1.165) is 23.2 Å². The molecule has 0 bridgehead atoms. The number of thioether (sulfide) groups is 1. The first-order valence-corrected chi connectivity index (χ1v) is 8.25. The highest BCUT2D eigenvalue weighted by atomic mass is 32.2. The first-order chi connectivity index (χ1) is 10.2. The number of rotatable bonds is 6. The van der Waals surface area contributed by atoms with Crippen LogP contribution in [0.15, 0.2) is 5.16 Å². The Morgan fingerprint density at radius 3 is 2.76 bits per heavy atom. The fraction of sp³-hybridized carbons (Fsp3) is 0.692. The molecule has 1 aromatic rings. The molecule has 2 heterocycles. The summed E-state index contributed by atoms with van der Waals surface area (Å²) in [7, 11) is 2.01. The van der Waals surface area contributed by atoms with Gasteiger partial charge in [-0.2, -0.15) is 0 Å². The van der Waals surface area contributed by atoms with E-state index in [4.69, 9.17) is 0 Å². The molecule has 0 radical (unpaired) electrons. The van der Waals surface area contributed by atoms with Gasteiger partial charge in [0.2, 0.25) is 5.91 Å². The van der Waals surface area contributed by atoms with Crippen LogP contribution in [0.25, 0.3) is 0 Å². The van der Waals surface area contributed by atoms with Crippen molar-refractivity contribution in [1.29, 1.82) is 0 Å². The highest BCUT2D eigenvalue weighted by molar-refractivity contribution is 7.99. The summed E-state index contributed by atoms with van der Waals surface area (Å²) in [5.41, 5.74) is 0. The second-order valence-corrected chi connectivity index (χ2v) is 6.50. The van der Waals surface area contributed by atoms with Crippen LogP contribution in [0.2, 0.25) is 0 Å². The van der Waals surface area contributed by atoms with E-state index < -0.39 is 0 Å². The van der Waals surface area contributed by atoms with Crippen molar-refractivity contribution in [3.8, 4) is 0 Å². The molecule has 0 aromatic carbocycles. The van der Waals surface area contributed by atoms with Crippen molar-refractivity contribution in [2.45, 2.75) is 36.8 Å². The molecule has 8 heteroatoms. The fourth-order valence-corrected chi connectivity index (χ4v) is 3.38. The van der Waals surface area contributed by atoms with Crippen molar-refractivity contribution in [3.63, 3.8) is 0 Å². The molecule has 1 saturated heterocycles. The van der Waals surface area contributed by atoms with E-state index in [2.05, 4.69) is 20.1 Å². The van der Waals surface area contributed by atoms with Gasteiger partial charge in [0.25, 0.3) is 0 Å². The zero-order valence-electron chi connectivity index (χ0n) is 12.0. The zero-order chi connectivity index (χ0) is 14.8. The minimum atomic E-state index is -0.282. The summed E-state index contributed by atoms with van der Waals surface area (Å²) in [6, 6.07) is -0.282. The number of carbonyl (C=O) groups excluding carboxylic acids is 2. The maximum Gasteiger partial charge on any atom is 0.324 e. The smallest absolute Gasteiger partial charge is 0.324 e. The predicted octanol–water partition coefficient (Wildman–Crippen LogP) is 1.12. The second kappa shape index (κ2) is 6.05. The Bertz CT molecular complexity index is 539. The van der Waals surface area contributed by atoms with Gasteiger partial charge >= 0.3 is 6.03 Å². The number of urea groups is 1. The monoisotopic (exact) mass is 309 g/mol. The molecule has 0 spiro atoms. The molecular weight excluding hydrogens is 290 g/mol. The molecule has 2 aliphatic rings. The van der Waals surface area contributed by atoms with Crippen LogP contribution < -0.4 is 5.32 Å². The lowest BCUT2D eigenvalue weighted by atomic mass is 9.85. The molecule has 114 valence electrons. The number of imide groups is 1. The van der Waals surface area contributed by atoms with Gasteiger partial charge in [0, 0.05) is 25.3 Å². The lowest BCUT2D eigenvalue weighted by molar-refractivity contribution is -0.124. The molecular formula is C13H19N5O2S. The Labute approximate surface area is 127 Å². The standard InChI is InChI=1S/C13H19N5O2S/c1-17-11(9-4-2-5-9)15-16-13(17)21-7-3-6-18-10(19)8-14-12(18)20/h9H,2-8H2,1H3,(H,14,20). The molecule has 3 rings (SSSR count). The third-order valence-corrected chi connectivity index (χ3v) is 5.14. The lowest BCUT2D eigenvalue weighted by Crippen LogP contribution is -2.32. The first-order valence-electron chi connectivity index (χ1n) is 7.27. The molecule has 1 N–H and O–H groups in total. The Balaban J connectivity index is 1.46. The predicted molar refractivity (Wildman–Crippen MR) is 78.0 cm³/mol. The number of hydrogen-bond donors (Lipinski definition) is 1. The highest BCUT2D eigenvalue weighted by Gasteiger charge is 2.28. The average molecular weight is 309 g/mol. The Morgan fingerprint density at radius 1 is 1.33 bits per heavy atom. The minimum absolute atomic E-state index is 0.125. The number of hydrogen-bond acceptors (Lipinski definition) is 5. The number of aromatic nitrogens is 3. The van der Waals surface area contributed by atoms with Gasteiger partial charge < -0.3 is 9.88 Å². The number of amides is 3. The van der Waals surface area contributed by atoms with E-state index in [1.54, 1.807) is 11.8 Å². The van der Waals surface area contributed by atoms with Crippen molar-refractivity contribution in [3.05, 3.63) is 5.82 Å². The molecule has 0 unspecified atom stereocenters. The topological polar surface area (TPSA) is 80.1 Å². The normalized spacial score (nSPS) is 19.0. The van der Waals surface area contributed by atoms with Crippen molar-refractivity contribution in [2.75, 3.05) is 18.8 Å². The molecule has 1 saturated carbocycles. The van der Waals surface area contributed by atoms with Gasteiger partial charge in [-0.15, -0.1) is 10.2 Å². The van der Waals surface area contributed by atoms with Gasteiger partial charge in [-0.3, -0.25) is 9.69 Å². The summed E-state index contributed by atoms with van der Waals surface area (Å²) < 4.78 is 2.07. The minimum Gasteiger partial charge on any atom is -0.329 e. The van der Waals surface area contributed by atoms with Gasteiger partial charge in [-0.05, 0) is 19.3 Å². The van der Waals surface area contributed by atoms with Crippen LogP contribution in [0, 0.1) is 0 Å². The van der Waals surface area contributed by atoms with E-state index >= 15 is 0 Å². The van der Waals surface area contributed by atoms with Crippen molar-refractivity contribution >= 4 is 23.7 Å². The summed E-state index contributed by atoms with van der Waals surface area (Å²) >= 11 is 1.63. The van der Waals surface area contributed by atoms with E-state index in [0.29, 0.717) is 12.5 Å². The van der Waals surface area contributed by atoms with E-state index in [1.165, 1.54) is 24.2 Å². The van der Waals surface area contributed by atoms with Crippen LogP contribution in [-0.4, -0.2) is 50.4 Å². The Kier molecular flexibility index (Phi) is 4.14. The average Bonchev–Trinajstić information content (AvgIpc) is 2.91. The summed E-state index contributed by atoms with van der Waals surface area (Å²) in [5.74, 6) is 2.32. The molecule has 2 fully saturated rings. The lowest BCUT2D eigenvalue weighted by Gasteiger charge is -2.23. The molecule has 21 heavy (non-hydrogen) atoms. The van der Waals surface area contributed by atoms with E-state index in [-0.39, 0.29) is 18.5 Å². The van der Waals surface area contributed by atoms with Gasteiger partial charge in [0.15, 0.2) is 5.16 Å². The third-order valence-electron chi connectivity index (χ3n) is 4.03. The largest absolute Gasteiger partial charge is 0.329 e. The van der Waals surface area contributed by atoms with Crippen LogP contribution in [0.4, 0.5) is 4.79 Å². The van der Waals surface area contributed by atoms with Gasteiger partial charge in [0.1, 0.15) is 5.82 Å². The van der Waals surface area contributed by atoms with Gasteiger partial charge in [0.05, 0.1) is 6.54 Å². The van der Waals surface area contributed by atoms with Gasteiger partial charge in [-0.25, -0.2) is 4.79 Å². The van der Waals surface area contributed by atoms with Crippen molar-refractivity contribution in [2.24, 2.45) is 7.05 Å². The zero-order valence-corrected chi connectivity index (χ0v) is 12.9. The molecule has 1 aliphatic heterocycles. The summed E-state index contributed by atoms with van der Waals surface area (Å²) in [5, 5.41) is 11.9. The second-order valence-electron chi connectivity index (χ2n) is 5.43. The summed E-state index contributed by atoms with van der Waals surface area (Å²) in [4.78, 5) is 24.1. The van der Waals surface area contributed by atoms with E-state index in [9.17, 15) is 9.59 Å². The molecule has 0 atom stereocenters. The van der Waals surface area contributed by atoms with E-state index in [1.807, 2.05) is 7.05 Å². The maximum absolute atomic E-state index is 11.4. The van der Waals surface area contributed by atoms with Crippen LogP contribution in [-0.2, 0) is 11.8 Å².